The van der Waals surface area contributed by atoms with Gasteiger partial charge in [0.2, 0.25) is 0 Å². The number of phosphoric acid groups is 1. The molecule has 3 N–H and O–H groups in total. The molecule has 9 nitrogen and oxygen atoms in total. The van der Waals surface area contributed by atoms with Crippen LogP contribution in [0.3, 0.4) is 0 Å². The third-order valence-corrected chi connectivity index (χ3v) is 7.76. The lowest BCUT2D eigenvalue weighted by atomic mass is 10.1. The van der Waals surface area contributed by atoms with Crippen LogP contribution in [0.5, 0.6) is 0 Å². The first-order valence-electron chi connectivity index (χ1n) is 17.4. The summed E-state index contributed by atoms with van der Waals surface area (Å²) in [6, 6.07) is 0. The van der Waals surface area contributed by atoms with Gasteiger partial charge in [-0.25, -0.2) is 4.57 Å². The lowest BCUT2D eigenvalue weighted by Crippen LogP contribution is -2.29. The molecule has 0 amide bonds. The highest BCUT2D eigenvalue weighted by atomic mass is 31.2. The fourth-order valence-corrected chi connectivity index (χ4v) is 5.03. The van der Waals surface area contributed by atoms with Crippen molar-refractivity contribution in [3.8, 4) is 0 Å². The molecule has 0 aliphatic carbocycles. The minimum atomic E-state index is -4.77. The molecule has 0 spiro atoms. The van der Waals surface area contributed by atoms with Gasteiger partial charge in [0.15, 0.2) is 6.10 Å². The maximum atomic E-state index is 12.3. The van der Waals surface area contributed by atoms with E-state index >= 15 is 0 Å². The number of phosphoric ester groups is 1. The van der Waals surface area contributed by atoms with E-state index in [-0.39, 0.29) is 19.4 Å². The van der Waals surface area contributed by atoms with Gasteiger partial charge in [-0.15, -0.1) is 0 Å². The first-order chi connectivity index (χ1) is 21.7. The molecule has 45 heavy (non-hydrogen) atoms. The molecule has 10 heteroatoms. The fraction of sp³-hybridized carbons (Fsp3) is 0.771. The van der Waals surface area contributed by atoms with Gasteiger partial charge in [-0.3, -0.25) is 14.1 Å². The largest absolute Gasteiger partial charge is 0.469 e. The van der Waals surface area contributed by atoms with E-state index in [0.717, 1.165) is 57.8 Å². The minimum absolute atomic E-state index is 0.143. The number of allylic oxidation sites excluding steroid dienone is 5. The van der Waals surface area contributed by atoms with Gasteiger partial charge >= 0.3 is 19.8 Å². The second-order valence-electron chi connectivity index (χ2n) is 11.7. The first kappa shape index (κ1) is 43.2. The Morgan fingerprint density at radius 1 is 0.689 bits per heavy atom. The summed E-state index contributed by atoms with van der Waals surface area (Å²) in [6.45, 7) is 3.44. The predicted octanol–water partition coefficient (Wildman–Crippen LogP) is 8.81. The van der Waals surface area contributed by atoms with Crippen molar-refractivity contribution >= 4 is 19.8 Å². The van der Waals surface area contributed by atoms with Crippen LogP contribution in [0.1, 0.15) is 149 Å². The SMILES string of the molecule is CC/C=C/C/C=C/C=C/C(O)CCCCCCCC(=O)O[C@H](COC(=O)CCCCCCCCCCCCC)COP(=O)(O)O. The Hall–Kier alpha value is -1.77. The Morgan fingerprint density at radius 3 is 1.82 bits per heavy atom. The number of ether oxygens (including phenoxy) is 2. The molecule has 0 bridgehead atoms. The van der Waals surface area contributed by atoms with Crippen molar-refractivity contribution in [2.24, 2.45) is 0 Å². The molecular formula is C35H63O9P. The van der Waals surface area contributed by atoms with Crippen LogP contribution in [0.25, 0.3) is 0 Å². The van der Waals surface area contributed by atoms with Gasteiger partial charge in [-0.05, 0) is 32.1 Å². The molecule has 0 saturated heterocycles. The number of hydrogen-bond acceptors (Lipinski definition) is 7. The van der Waals surface area contributed by atoms with Gasteiger partial charge in [0.25, 0.3) is 0 Å². The number of esters is 2. The summed E-state index contributed by atoms with van der Waals surface area (Å²) in [7, 11) is -4.77. The van der Waals surface area contributed by atoms with Crippen molar-refractivity contribution in [2.75, 3.05) is 13.2 Å². The Morgan fingerprint density at radius 2 is 1.24 bits per heavy atom. The van der Waals surface area contributed by atoms with E-state index in [1.807, 2.05) is 18.2 Å². The number of carbonyl (C=O) groups excluding carboxylic acids is 2. The van der Waals surface area contributed by atoms with Crippen molar-refractivity contribution in [1.29, 1.82) is 0 Å². The number of rotatable bonds is 31. The second kappa shape index (κ2) is 30.9. The highest BCUT2D eigenvalue weighted by Crippen LogP contribution is 2.36. The zero-order valence-electron chi connectivity index (χ0n) is 28.1. The minimum Gasteiger partial charge on any atom is -0.462 e. The number of unbranched alkanes of at least 4 members (excludes halogenated alkanes) is 14. The molecule has 262 valence electrons. The van der Waals surface area contributed by atoms with Crippen LogP contribution in [0, 0.1) is 0 Å². The molecule has 2 atom stereocenters. The van der Waals surface area contributed by atoms with E-state index in [0.29, 0.717) is 19.3 Å². The van der Waals surface area contributed by atoms with Gasteiger partial charge in [0.05, 0.1) is 12.7 Å². The van der Waals surface area contributed by atoms with Gasteiger partial charge in [0, 0.05) is 12.8 Å². The highest BCUT2D eigenvalue weighted by Gasteiger charge is 2.22. The quantitative estimate of drug-likeness (QED) is 0.0219. The monoisotopic (exact) mass is 658 g/mol. The maximum Gasteiger partial charge on any atom is 0.469 e. The van der Waals surface area contributed by atoms with E-state index < -0.39 is 38.6 Å². The molecule has 0 saturated carbocycles. The summed E-state index contributed by atoms with van der Waals surface area (Å²) in [6.07, 6.45) is 30.3. The molecular weight excluding hydrogens is 595 g/mol. The third-order valence-electron chi connectivity index (χ3n) is 7.28. The van der Waals surface area contributed by atoms with Crippen LogP contribution >= 0.6 is 7.82 Å². The molecule has 0 rings (SSSR count). The van der Waals surface area contributed by atoms with Crippen LogP contribution in [0.15, 0.2) is 36.5 Å². The van der Waals surface area contributed by atoms with Crippen LogP contribution in [0.4, 0.5) is 0 Å². The van der Waals surface area contributed by atoms with E-state index in [1.54, 1.807) is 6.08 Å². The lowest BCUT2D eigenvalue weighted by molar-refractivity contribution is -0.161. The maximum absolute atomic E-state index is 12.3. The normalized spacial score (nSPS) is 13.6. The summed E-state index contributed by atoms with van der Waals surface area (Å²) >= 11 is 0. The molecule has 0 aliphatic heterocycles. The van der Waals surface area contributed by atoms with E-state index in [2.05, 4.69) is 30.5 Å². The average Bonchev–Trinajstić information content (AvgIpc) is 2.99. The average molecular weight is 659 g/mol. The number of aliphatic hydroxyl groups is 1. The van der Waals surface area contributed by atoms with Crippen molar-refractivity contribution in [3.05, 3.63) is 36.5 Å². The fourth-order valence-electron chi connectivity index (χ4n) is 4.67. The zero-order valence-corrected chi connectivity index (χ0v) is 29.0. The summed E-state index contributed by atoms with van der Waals surface area (Å²) in [5.41, 5.74) is 0. The number of aliphatic hydroxyl groups excluding tert-OH is 1. The molecule has 0 aromatic rings. The van der Waals surface area contributed by atoms with Crippen molar-refractivity contribution < 1.29 is 43.0 Å². The predicted molar refractivity (Wildman–Crippen MR) is 181 cm³/mol. The Kier molecular flexibility index (Phi) is 29.6. The topological polar surface area (TPSA) is 140 Å². The molecule has 0 aromatic carbocycles. The lowest BCUT2D eigenvalue weighted by Gasteiger charge is -2.18. The molecule has 0 aliphatic rings. The number of hydrogen-bond donors (Lipinski definition) is 3. The van der Waals surface area contributed by atoms with Crippen LogP contribution in [-0.4, -0.2) is 52.3 Å². The van der Waals surface area contributed by atoms with E-state index in [4.69, 9.17) is 19.3 Å². The molecule has 0 heterocycles. The standard InChI is InChI=1S/C35H63O9P/c1-3-5-7-9-11-12-13-14-16-20-24-28-34(37)42-30-33(31-43-45(39,40)41)44-35(38)29-25-21-17-19-23-27-32(36)26-22-18-15-10-8-6-4-2/h6,8,15,18,22,26,32-33,36H,3-5,7,9-14,16-17,19-21,23-25,27-31H2,1-2H3,(H2,39,40,41)/b8-6+,18-15+,26-22+/t32?,33-/m1/s1. The van der Waals surface area contributed by atoms with Gasteiger partial charge in [-0.2, -0.15) is 0 Å². The molecule has 1 unspecified atom stereocenters. The first-order valence-corrected chi connectivity index (χ1v) is 18.9. The van der Waals surface area contributed by atoms with Crippen molar-refractivity contribution in [2.45, 2.75) is 161 Å². The van der Waals surface area contributed by atoms with E-state index in [1.165, 1.54) is 44.9 Å². The van der Waals surface area contributed by atoms with Crippen LogP contribution in [0.2, 0.25) is 0 Å². The van der Waals surface area contributed by atoms with Gasteiger partial charge in [0.1, 0.15) is 6.61 Å². The summed E-state index contributed by atoms with van der Waals surface area (Å²) in [5.74, 6) is -0.963. The third kappa shape index (κ3) is 33.4. The summed E-state index contributed by atoms with van der Waals surface area (Å²) < 4.78 is 26.2. The molecule has 0 radical (unpaired) electrons. The smallest absolute Gasteiger partial charge is 0.462 e. The van der Waals surface area contributed by atoms with Crippen LogP contribution < -0.4 is 0 Å². The zero-order chi connectivity index (χ0) is 33.4. The van der Waals surface area contributed by atoms with Gasteiger partial charge < -0.3 is 24.4 Å². The van der Waals surface area contributed by atoms with E-state index in [9.17, 15) is 19.3 Å². The number of carbonyl (C=O) groups is 2. The second-order valence-corrected chi connectivity index (χ2v) is 12.9. The highest BCUT2D eigenvalue weighted by molar-refractivity contribution is 7.46. The Balaban J connectivity index is 4.11. The summed E-state index contributed by atoms with van der Waals surface area (Å²) in [4.78, 5) is 42.5. The summed E-state index contributed by atoms with van der Waals surface area (Å²) in [5, 5.41) is 10.1. The van der Waals surface area contributed by atoms with Gasteiger partial charge in [-0.1, -0.05) is 140 Å². The van der Waals surface area contributed by atoms with Crippen molar-refractivity contribution in [3.63, 3.8) is 0 Å². The molecule has 0 aromatic heterocycles. The Bertz CT molecular complexity index is 850. The van der Waals surface area contributed by atoms with Crippen molar-refractivity contribution in [1.82, 2.24) is 0 Å². The van der Waals surface area contributed by atoms with Crippen LogP contribution in [-0.2, 0) is 28.2 Å². The Labute approximate surface area is 273 Å². The molecule has 0 fully saturated rings.